The first-order valence-corrected chi connectivity index (χ1v) is 8.99. The van der Waals surface area contributed by atoms with Crippen LogP contribution in [0.4, 0.5) is 0 Å². The van der Waals surface area contributed by atoms with Gasteiger partial charge in [0.15, 0.2) is 6.61 Å². The molecule has 0 saturated carbocycles. The first-order valence-electron chi connectivity index (χ1n) is 8.17. The topological polar surface area (TPSA) is 55.4 Å². The van der Waals surface area contributed by atoms with E-state index in [-0.39, 0.29) is 12.5 Å². The number of aryl methyl sites for hydroxylation is 2. The van der Waals surface area contributed by atoms with Crippen LogP contribution in [0.5, 0.6) is 0 Å². The van der Waals surface area contributed by atoms with E-state index in [4.69, 9.17) is 4.74 Å². The highest BCUT2D eigenvalue weighted by Gasteiger charge is 2.14. The van der Waals surface area contributed by atoms with Crippen molar-refractivity contribution < 1.29 is 14.3 Å². The van der Waals surface area contributed by atoms with E-state index in [0.29, 0.717) is 11.4 Å². The lowest BCUT2D eigenvalue weighted by molar-refractivity contribution is -0.124. The van der Waals surface area contributed by atoms with E-state index < -0.39 is 5.97 Å². The summed E-state index contributed by atoms with van der Waals surface area (Å²) in [6.45, 7) is 4.39. The number of thiophene rings is 1. The number of carbonyl (C=O) groups excluding carboxylic acids is 2. The minimum Gasteiger partial charge on any atom is -0.451 e. The lowest BCUT2D eigenvalue weighted by Gasteiger charge is -2.06. The molecule has 0 bridgehead atoms. The van der Waals surface area contributed by atoms with Gasteiger partial charge in [0, 0.05) is 11.4 Å². The van der Waals surface area contributed by atoms with Gasteiger partial charge < -0.3 is 10.1 Å². The Morgan fingerprint density at radius 2 is 1.92 bits per heavy atom. The highest BCUT2D eigenvalue weighted by molar-refractivity contribution is 7.14. The fourth-order valence-corrected chi connectivity index (χ4v) is 3.35. The van der Waals surface area contributed by atoms with Crippen molar-refractivity contribution in [3.05, 3.63) is 57.3 Å². The number of esters is 1. The molecule has 5 heteroatoms. The molecule has 0 saturated heterocycles. The van der Waals surface area contributed by atoms with Crippen molar-refractivity contribution >= 4 is 23.2 Å². The lowest BCUT2D eigenvalue weighted by Crippen LogP contribution is -2.30. The van der Waals surface area contributed by atoms with Crippen molar-refractivity contribution in [1.29, 1.82) is 0 Å². The van der Waals surface area contributed by atoms with E-state index in [0.717, 1.165) is 29.7 Å². The Balaban J connectivity index is 1.73. The molecule has 2 aromatic rings. The average molecular weight is 345 g/mol. The molecule has 128 valence electrons. The summed E-state index contributed by atoms with van der Waals surface area (Å²) >= 11 is 1.42. The van der Waals surface area contributed by atoms with Crippen LogP contribution in [0.1, 0.15) is 39.0 Å². The molecule has 1 amide bonds. The Hall–Kier alpha value is -2.14. The Morgan fingerprint density at radius 3 is 2.62 bits per heavy atom. The van der Waals surface area contributed by atoms with Crippen LogP contribution < -0.4 is 5.32 Å². The summed E-state index contributed by atoms with van der Waals surface area (Å²) in [5, 5.41) is 2.76. The van der Waals surface area contributed by atoms with Gasteiger partial charge in [-0.05, 0) is 37.0 Å². The van der Waals surface area contributed by atoms with Crippen molar-refractivity contribution in [2.75, 3.05) is 13.2 Å². The molecule has 4 nitrogen and oxygen atoms in total. The van der Waals surface area contributed by atoms with Gasteiger partial charge in [-0.3, -0.25) is 4.79 Å². The predicted octanol–water partition coefficient (Wildman–Crippen LogP) is 3.52. The molecule has 0 unspecified atom stereocenters. The highest BCUT2D eigenvalue weighted by Crippen LogP contribution is 2.23. The minimum atomic E-state index is -0.427. The van der Waals surface area contributed by atoms with Crippen LogP contribution in [0.2, 0.25) is 0 Å². The van der Waals surface area contributed by atoms with Gasteiger partial charge in [0.25, 0.3) is 5.91 Å². The second-order valence-electron chi connectivity index (χ2n) is 5.60. The zero-order valence-corrected chi connectivity index (χ0v) is 14.9. The van der Waals surface area contributed by atoms with E-state index in [9.17, 15) is 9.59 Å². The van der Waals surface area contributed by atoms with Gasteiger partial charge in [0.05, 0.1) is 0 Å². The molecule has 0 aliphatic heterocycles. The standard InChI is InChI=1S/C19H23NO3S/c1-3-7-16-12-17(24-14(16)2)19(22)23-13-18(21)20-11-10-15-8-5-4-6-9-15/h4-6,8-9,12H,3,7,10-11,13H2,1-2H3,(H,20,21). The molecule has 1 aromatic carbocycles. The van der Waals surface area contributed by atoms with E-state index in [2.05, 4.69) is 12.2 Å². The largest absolute Gasteiger partial charge is 0.451 e. The number of hydrogen-bond donors (Lipinski definition) is 1. The summed E-state index contributed by atoms with van der Waals surface area (Å²) in [5.74, 6) is -0.704. The molecule has 0 aliphatic carbocycles. The van der Waals surface area contributed by atoms with Crippen molar-refractivity contribution in [1.82, 2.24) is 5.32 Å². The Kier molecular flexibility index (Phi) is 7.00. The summed E-state index contributed by atoms with van der Waals surface area (Å²) < 4.78 is 5.10. The first-order chi connectivity index (χ1) is 11.6. The van der Waals surface area contributed by atoms with E-state index >= 15 is 0 Å². The van der Waals surface area contributed by atoms with Gasteiger partial charge in [-0.2, -0.15) is 0 Å². The van der Waals surface area contributed by atoms with Gasteiger partial charge in [-0.1, -0.05) is 43.7 Å². The summed E-state index contributed by atoms with van der Waals surface area (Å²) in [7, 11) is 0. The summed E-state index contributed by atoms with van der Waals surface area (Å²) in [4.78, 5) is 25.5. The third kappa shape index (κ3) is 5.49. The molecule has 0 atom stereocenters. The zero-order valence-electron chi connectivity index (χ0n) is 14.1. The first kappa shape index (κ1) is 18.2. The molecular weight excluding hydrogens is 322 g/mol. The maximum Gasteiger partial charge on any atom is 0.348 e. The number of amides is 1. The maximum absolute atomic E-state index is 12.0. The molecule has 0 radical (unpaired) electrons. The normalized spacial score (nSPS) is 10.4. The Morgan fingerprint density at radius 1 is 1.17 bits per heavy atom. The summed E-state index contributed by atoms with van der Waals surface area (Å²) in [6, 6.07) is 11.8. The molecule has 24 heavy (non-hydrogen) atoms. The third-order valence-electron chi connectivity index (χ3n) is 3.65. The van der Waals surface area contributed by atoms with Crippen LogP contribution in [0.3, 0.4) is 0 Å². The van der Waals surface area contributed by atoms with Crippen LogP contribution in [0, 0.1) is 6.92 Å². The molecule has 0 aliphatic rings. The summed E-state index contributed by atoms with van der Waals surface area (Å²) in [6.07, 6.45) is 2.75. The minimum absolute atomic E-state index is 0.242. The van der Waals surface area contributed by atoms with Crippen LogP contribution in [0.15, 0.2) is 36.4 Å². The second kappa shape index (κ2) is 9.23. The number of rotatable bonds is 8. The van der Waals surface area contributed by atoms with Gasteiger partial charge in [-0.15, -0.1) is 11.3 Å². The van der Waals surface area contributed by atoms with Crippen LogP contribution in [0.25, 0.3) is 0 Å². The van der Waals surface area contributed by atoms with Crippen LogP contribution >= 0.6 is 11.3 Å². The van der Waals surface area contributed by atoms with Crippen molar-refractivity contribution in [3.8, 4) is 0 Å². The van der Waals surface area contributed by atoms with Crippen molar-refractivity contribution in [3.63, 3.8) is 0 Å². The number of ether oxygens (including phenoxy) is 1. The monoisotopic (exact) mass is 345 g/mol. The molecule has 0 fully saturated rings. The summed E-state index contributed by atoms with van der Waals surface area (Å²) in [5.41, 5.74) is 2.34. The maximum atomic E-state index is 12.0. The number of hydrogen-bond acceptors (Lipinski definition) is 4. The van der Waals surface area contributed by atoms with E-state index in [1.807, 2.05) is 43.3 Å². The molecule has 1 aromatic heterocycles. The average Bonchev–Trinajstić information content (AvgIpc) is 2.95. The van der Waals surface area contributed by atoms with Gasteiger partial charge >= 0.3 is 5.97 Å². The fourth-order valence-electron chi connectivity index (χ4n) is 2.38. The van der Waals surface area contributed by atoms with Crippen molar-refractivity contribution in [2.24, 2.45) is 0 Å². The lowest BCUT2D eigenvalue weighted by atomic mass is 10.1. The SMILES string of the molecule is CCCc1cc(C(=O)OCC(=O)NCCc2ccccc2)sc1C. The van der Waals surface area contributed by atoms with Crippen molar-refractivity contribution in [2.45, 2.75) is 33.1 Å². The number of benzene rings is 1. The smallest absolute Gasteiger partial charge is 0.348 e. The molecule has 2 rings (SSSR count). The van der Waals surface area contributed by atoms with Crippen LogP contribution in [-0.4, -0.2) is 25.0 Å². The third-order valence-corrected chi connectivity index (χ3v) is 4.73. The fraction of sp³-hybridized carbons (Fsp3) is 0.368. The highest BCUT2D eigenvalue weighted by atomic mass is 32.1. The number of carbonyl (C=O) groups is 2. The molecular formula is C19H23NO3S. The Labute approximate surface area is 146 Å². The van der Waals surface area contributed by atoms with Gasteiger partial charge in [0.1, 0.15) is 4.88 Å². The second-order valence-corrected chi connectivity index (χ2v) is 6.86. The predicted molar refractivity (Wildman–Crippen MR) is 96.5 cm³/mol. The number of nitrogens with one attached hydrogen (secondary N) is 1. The van der Waals surface area contributed by atoms with E-state index in [1.165, 1.54) is 16.9 Å². The van der Waals surface area contributed by atoms with Gasteiger partial charge in [-0.25, -0.2) is 4.79 Å². The Bertz CT molecular complexity index is 679. The molecule has 1 N–H and O–H groups in total. The van der Waals surface area contributed by atoms with E-state index in [1.54, 1.807) is 0 Å². The van der Waals surface area contributed by atoms with Crippen LogP contribution in [-0.2, 0) is 22.4 Å². The zero-order chi connectivity index (χ0) is 17.4. The van der Waals surface area contributed by atoms with Gasteiger partial charge in [0.2, 0.25) is 0 Å². The molecule has 1 heterocycles. The quantitative estimate of drug-likeness (QED) is 0.745. The molecule has 0 spiro atoms.